The highest BCUT2D eigenvalue weighted by Crippen LogP contribution is 2.53. The lowest BCUT2D eigenvalue weighted by molar-refractivity contribution is -0.202. The van der Waals surface area contributed by atoms with Gasteiger partial charge in [-0.1, -0.05) is 29.8 Å². The molecule has 0 amide bonds. The number of ether oxygens (including phenoxy) is 2. The summed E-state index contributed by atoms with van der Waals surface area (Å²) >= 11 is 5.97. The number of nitrogens with zero attached hydrogens (tertiary/aromatic N) is 4. The number of anilines is 2. The SMILES string of the molecule is CNc1nc(N)nc2c1ncn2[C@@H]1O[C@](F)(CO[P@](=O)(N[C@@H](C)C(=O)OC(C)C)Oc2ccccc2)[C@@H](O)[C@]1(F)Cl. The van der Waals surface area contributed by atoms with E-state index in [4.69, 9.17) is 35.9 Å². The van der Waals surface area contributed by atoms with E-state index in [1.165, 1.54) is 26.1 Å². The third-order valence-electron chi connectivity index (χ3n) is 5.80. The molecule has 14 nitrogen and oxygen atoms in total. The maximum atomic E-state index is 16.1. The molecule has 0 spiro atoms. The van der Waals surface area contributed by atoms with Crippen LogP contribution in [0.1, 0.15) is 27.0 Å². The molecule has 1 aliphatic heterocycles. The second-order valence-corrected chi connectivity index (χ2v) is 11.6. The molecule has 1 fully saturated rings. The number of alkyl halides is 3. The molecule has 4 rings (SSSR count). The molecule has 18 heteroatoms. The predicted octanol–water partition coefficient (Wildman–Crippen LogP) is 3.04. The number of imidazole rings is 1. The number of aromatic nitrogens is 4. The first-order valence-electron chi connectivity index (χ1n) is 12.3. The summed E-state index contributed by atoms with van der Waals surface area (Å²) in [6.07, 6.45) is -4.15. The third kappa shape index (κ3) is 6.37. The van der Waals surface area contributed by atoms with Gasteiger partial charge in [0.2, 0.25) is 5.95 Å². The number of hydrogen-bond donors (Lipinski definition) is 4. The van der Waals surface area contributed by atoms with E-state index in [9.17, 15) is 14.5 Å². The van der Waals surface area contributed by atoms with E-state index >= 15 is 8.78 Å². The topological polar surface area (TPSA) is 185 Å². The number of fused-ring (bicyclic) bond motifs is 1. The van der Waals surface area contributed by atoms with Gasteiger partial charge in [0.1, 0.15) is 18.4 Å². The maximum absolute atomic E-state index is 16.1. The summed E-state index contributed by atoms with van der Waals surface area (Å²) in [6, 6.07) is 6.41. The number of halogens is 3. The minimum Gasteiger partial charge on any atom is -0.462 e. The Morgan fingerprint density at radius 2 is 1.98 bits per heavy atom. The van der Waals surface area contributed by atoms with Gasteiger partial charge in [0, 0.05) is 7.05 Å². The zero-order valence-corrected chi connectivity index (χ0v) is 24.0. The number of hydrogen-bond acceptors (Lipinski definition) is 12. The van der Waals surface area contributed by atoms with Crippen molar-refractivity contribution in [1.82, 2.24) is 24.6 Å². The number of rotatable bonds is 11. The number of aliphatic hydroxyl groups is 1. The smallest absolute Gasteiger partial charge is 0.459 e. The van der Waals surface area contributed by atoms with E-state index in [1.807, 2.05) is 0 Å². The molecule has 0 unspecified atom stereocenters. The molecule has 1 saturated heterocycles. The van der Waals surface area contributed by atoms with Crippen molar-refractivity contribution in [3.8, 4) is 5.75 Å². The van der Waals surface area contributed by atoms with Crippen molar-refractivity contribution >= 4 is 48.2 Å². The molecule has 3 heterocycles. The predicted molar refractivity (Wildman–Crippen MR) is 143 cm³/mol. The molecule has 5 N–H and O–H groups in total. The minimum atomic E-state index is -4.61. The Hall–Kier alpha value is -3.14. The number of nitrogens with one attached hydrogen (secondary N) is 2. The first kappa shape index (κ1) is 30.8. The minimum absolute atomic E-state index is 0.0334. The zero-order valence-electron chi connectivity index (χ0n) is 22.3. The average molecular weight is 620 g/mol. The maximum Gasteiger partial charge on any atom is 0.459 e. The number of para-hydroxylation sites is 1. The number of benzene rings is 1. The van der Waals surface area contributed by atoms with Crippen molar-refractivity contribution in [2.75, 3.05) is 24.7 Å². The van der Waals surface area contributed by atoms with E-state index in [2.05, 4.69) is 25.4 Å². The summed E-state index contributed by atoms with van der Waals surface area (Å²) in [7, 11) is -3.07. The lowest BCUT2D eigenvalue weighted by Crippen LogP contribution is -2.46. The zero-order chi connectivity index (χ0) is 30.2. The van der Waals surface area contributed by atoms with Gasteiger partial charge in [0.15, 0.2) is 29.3 Å². The van der Waals surface area contributed by atoms with E-state index in [1.54, 1.807) is 32.0 Å². The molecule has 1 aromatic carbocycles. The third-order valence-corrected chi connectivity index (χ3v) is 7.81. The standard InChI is InChI=1S/C23H29ClF2N7O7P/c1-12(2)38-18(34)13(3)32-41(36,40-14-8-6-5-7-9-14)37-10-22(25)19(35)23(24,26)20(39-22)33-11-29-15-16(28-4)30-21(27)31-17(15)33/h5-9,11-13,19-20,35H,10H2,1-4H3,(H,32,36)(H3,27,28,30,31)/t13-,19+,20+,22+,23+,41+/m0/s1. The molecule has 0 saturated carbocycles. The second kappa shape index (κ2) is 11.6. The highest BCUT2D eigenvalue weighted by atomic mass is 35.5. The van der Waals surface area contributed by atoms with Crippen LogP contribution in [0.4, 0.5) is 20.5 Å². The Labute approximate surface area is 238 Å². The van der Waals surface area contributed by atoms with Crippen molar-refractivity contribution in [3.05, 3.63) is 36.7 Å². The van der Waals surface area contributed by atoms with Gasteiger partial charge in [0.25, 0.3) is 11.0 Å². The van der Waals surface area contributed by atoms with Crippen LogP contribution in [0.25, 0.3) is 11.2 Å². The van der Waals surface area contributed by atoms with Crippen molar-refractivity contribution in [3.63, 3.8) is 0 Å². The number of esters is 1. The van der Waals surface area contributed by atoms with E-state index in [-0.39, 0.29) is 28.7 Å². The Bertz CT molecular complexity index is 1450. The van der Waals surface area contributed by atoms with Crippen molar-refractivity contribution < 1.29 is 41.8 Å². The molecular formula is C23H29ClF2N7O7P. The molecular weight excluding hydrogens is 591 g/mol. The van der Waals surface area contributed by atoms with Gasteiger partial charge in [-0.05, 0) is 32.9 Å². The van der Waals surface area contributed by atoms with E-state index < -0.39 is 55.8 Å². The summed E-state index contributed by atoms with van der Waals surface area (Å²) < 4.78 is 67.5. The van der Waals surface area contributed by atoms with Gasteiger partial charge in [-0.3, -0.25) is 13.9 Å². The van der Waals surface area contributed by atoms with Gasteiger partial charge in [-0.25, -0.2) is 18.3 Å². The summed E-state index contributed by atoms with van der Waals surface area (Å²) in [4.78, 5) is 24.4. The van der Waals surface area contributed by atoms with Crippen LogP contribution < -0.4 is 20.7 Å². The largest absolute Gasteiger partial charge is 0.462 e. The Morgan fingerprint density at radius 3 is 2.61 bits per heavy atom. The monoisotopic (exact) mass is 619 g/mol. The van der Waals surface area contributed by atoms with Gasteiger partial charge in [0.05, 0.1) is 12.4 Å². The molecule has 0 aliphatic carbocycles. The number of nitrogens with two attached hydrogens (primary N) is 1. The molecule has 224 valence electrons. The lowest BCUT2D eigenvalue weighted by atomic mass is 10.1. The molecule has 3 aromatic rings. The molecule has 41 heavy (non-hydrogen) atoms. The molecule has 2 aromatic heterocycles. The fourth-order valence-corrected chi connectivity index (χ4v) is 5.71. The fraction of sp³-hybridized carbons (Fsp3) is 0.478. The van der Waals surface area contributed by atoms with Crippen LogP contribution in [0.3, 0.4) is 0 Å². The van der Waals surface area contributed by atoms with E-state index in [0.29, 0.717) is 0 Å². The quantitative estimate of drug-likeness (QED) is 0.140. The number of carbonyl (C=O) groups is 1. The number of aliphatic hydroxyl groups excluding tert-OH is 1. The molecule has 0 radical (unpaired) electrons. The summed E-state index contributed by atoms with van der Waals surface area (Å²) in [5, 5.41) is 12.4. The lowest BCUT2D eigenvalue weighted by Gasteiger charge is -2.27. The van der Waals surface area contributed by atoms with Crippen LogP contribution in [-0.2, 0) is 23.4 Å². The van der Waals surface area contributed by atoms with Crippen molar-refractivity contribution in [2.24, 2.45) is 0 Å². The molecule has 0 bridgehead atoms. The summed E-state index contributed by atoms with van der Waals surface area (Å²) in [6.45, 7) is 3.20. The van der Waals surface area contributed by atoms with Crippen LogP contribution in [0.5, 0.6) is 5.75 Å². The Kier molecular flexibility index (Phi) is 8.73. The van der Waals surface area contributed by atoms with Gasteiger partial charge >= 0.3 is 13.7 Å². The van der Waals surface area contributed by atoms with Crippen LogP contribution in [0.15, 0.2) is 36.7 Å². The highest BCUT2D eigenvalue weighted by molar-refractivity contribution is 7.52. The first-order valence-corrected chi connectivity index (χ1v) is 14.2. The Morgan fingerprint density at radius 1 is 1.29 bits per heavy atom. The normalized spacial score (nSPS) is 26.6. The summed E-state index contributed by atoms with van der Waals surface area (Å²) in [5.74, 6) is -4.17. The van der Waals surface area contributed by atoms with Crippen LogP contribution >= 0.6 is 19.3 Å². The first-order chi connectivity index (χ1) is 19.2. The number of nitrogen functional groups attached to an aromatic ring is 1. The van der Waals surface area contributed by atoms with Crippen LogP contribution in [-0.4, -0.2) is 73.5 Å². The van der Waals surface area contributed by atoms with Gasteiger partial charge in [-0.2, -0.15) is 15.1 Å². The molecule has 6 atom stereocenters. The second-order valence-electron chi connectivity index (χ2n) is 9.35. The van der Waals surface area contributed by atoms with Gasteiger partial charge in [-0.15, -0.1) is 0 Å². The van der Waals surface area contributed by atoms with Crippen molar-refractivity contribution in [1.29, 1.82) is 0 Å². The number of carbonyl (C=O) groups excluding carboxylic acids is 1. The highest BCUT2D eigenvalue weighted by Gasteiger charge is 2.67. The van der Waals surface area contributed by atoms with Gasteiger partial charge < -0.3 is 30.2 Å². The van der Waals surface area contributed by atoms with E-state index in [0.717, 1.165) is 10.9 Å². The summed E-state index contributed by atoms with van der Waals surface area (Å²) in [5.41, 5.74) is 5.77. The average Bonchev–Trinajstić information content (AvgIpc) is 3.39. The molecule has 1 aliphatic rings. The van der Waals surface area contributed by atoms with Crippen molar-refractivity contribution in [2.45, 2.75) is 56.2 Å². The van der Waals surface area contributed by atoms with Crippen LogP contribution in [0, 0.1) is 0 Å². The fourth-order valence-electron chi connectivity index (χ4n) is 3.89. The Balaban J connectivity index is 1.61. The van der Waals surface area contributed by atoms with Crippen LogP contribution in [0.2, 0.25) is 0 Å².